The molecule has 0 saturated heterocycles. The molecular weight excluding hydrogens is 150 g/mol. The fourth-order valence-corrected chi connectivity index (χ4v) is 1.34. The van der Waals surface area contributed by atoms with E-state index in [1.165, 1.54) is 30.7 Å². The molecular formula is C9H24N3+. The first-order valence-corrected chi connectivity index (χ1v) is 4.35. The zero-order valence-corrected chi connectivity index (χ0v) is 9.01. The van der Waals surface area contributed by atoms with Gasteiger partial charge in [0.25, 0.3) is 0 Å². The van der Waals surface area contributed by atoms with Crippen molar-refractivity contribution in [3.8, 4) is 6.57 Å². The molecule has 0 aliphatic rings. The highest BCUT2D eigenvalue weighted by atomic mass is 15.3. The van der Waals surface area contributed by atoms with E-state index in [9.17, 15) is 0 Å². The van der Waals surface area contributed by atoms with Crippen LogP contribution in [0, 0.1) is 11.8 Å². The molecule has 0 bridgehead atoms. The van der Waals surface area contributed by atoms with Gasteiger partial charge in [-0.3, -0.25) is 0 Å². The Balaban J connectivity index is -0.000000249. The van der Waals surface area contributed by atoms with Crippen LogP contribution in [0.3, 0.4) is 0 Å². The van der Waals surface area contributed by atoms with Crippen molar-refractivity contribution in [1.29, 1.82) is 5.26 Å². The number of quaternary nitrogens is 1. The Morgan fingerprint density at radius 3 is 1.00 bits per heavy atom. The Labute approximate surface area is 77.2 Å². The minimum atomic E-state index is 0. The van der Waals surface area contributed by atoms with Gasteiger partial charge in [-0.05, 0) is 27.7 Å². The Morgan fingerprint density at radius 1 is 0.833 bits per heavy atom. The Bertz CT molecular complexity index is 77.7. The van der Waals surface area contributed by atoms with E-state index in [4.69, 9.17) is 5.26 Å². The monoisotopic (exact) mass is 174 g/mol. The second-order valence-electron chi connectivity index (χ2n) is 2.61. The van der Waals surface area contributed by atoms with Crippen molar-refractivity contribution >= 4 is 0 Å². The summed E-state index contributed by atoms with van der Waals surface area (Å²) in [5.74, 6) is 0. The van der Waals surface area contributed by atoms with E-state index in [2.05, 4.69) is 34.3 Å². The molecule has 74 valence electrons. The van der Waals surface area contributed by atoms with Gasteiger partial charge in [-0.25, -0.2) is 5.26 Å². The van der Waals surface area contributed by atoms with Crippen molar-refractivity contribution in [2.75, 3.05) is 26.2 Å². The normalized spacial score (nSPS) is 9.17. The number of hydrogen-bond donors (Lipinski definition) is 1. The van der Waals surface area contributed by atoms with Crippen molar-refractivity contribution in [2.24, 2.45) is 0 Å². The van der Waals surface area contributed by atoms with Gasteiger partial charge < -0.3 is 10.6 Å². The van der Waals surface area contributed by atoms with Crippen molar-refractivity contribution < 1.29 is 4.48 Å². The number of nitriles is 1. The van der Waals surface area contributed by atoms with Gasteiger partial charge >= 0.3 is 0 Å². The first kappa shape index (κ1) is 17.5. The maximum absolute atomic E-state index is 6.50. The summed E-state index contributed by atoms with van der Waals surface area (Å²) in [5, 5.41) is 6.50. The summed E-state index contributed by atoms with van der Waals surface area (Å²) in [7, 11) is 0. The van der Waals surface area contributed by atoms with Crippen LogP contribution in [0.4, 0.5) is 0 Å². The molecule has 0 aromatic rings. The highest BCUT2D eigenvalue weighted by Crippen LogP contribution is 2.03. The van der Waals surface area contributed by atoms with Crippen LogP contribution in [0.1, 0.15) is 27.7 Å². The van der Waals surface area contributed by atoms with Crippen molar-refractivity contribution in [1.82, 2.24) is 6.15 Å². The highest BCUT2D eigenvalue weighted by Gasteiger charge is 2.16. The Kier molecular flexibility index (Phi) is 15.2. The van der Waals surface area contributed by atoms with Crippen LogP contribution in [-0.2, 0) is 0 Å². The van der Waals surface area contributed by atoms with E-state index in [-0.39, 0.29) is 6.15 Å². The van der Waals surface area contributed by atoms with Gasteiger partial charge in [0, 0.05) is 6.57 Å². The molecule has 3 nitrogen and oxygen atoms in total. The van der Waals surface area contributed by atoms with Crippen LogP contribution in [0.25, 0.3) is 0 Å². The van der Waals surface area contributed by atoms with Crippen LogP contribution in [0.2, 0.25) is 0 Å². The lowest BCUT2D eigenvalue weighted by molar-refractivity contribution is -0.921. The van der Waals surface area contributed by atoms with Gasteiger partial charge in [0.2, 0.25) is 0 Å². The molecule has 12 heavy (non-hydrogen) atoms. The predicted molar refractivity (Wildman–Crippen MR) is 54.1 cm³/mol. The topological polar surface area (TPSA) is 58.8 Å². The van der Waals surface area contributed by atoms with Crippen molar-refractivity contribution in [3.05, 3.63) is 0 Å². The van der Waals surface area contributed by atoms with Gasteiger partial charge in [-0.2, -0.15) is 0 Å². The summed E-state index contributed by atoms with van der Waals surface area (Å²) in [6.45, 7) is 17.7. The van der Waals surface area contributed by atoms with Crippen LogP contribution in [0.5, 0.6) is 0 Å². The molecule has 0 heterocycles. The van der Waals surface area contributed by atoms with Crippen LogP contribution in [0.15, 0.2) is 0 Å². The van der Waals surface area contributed by atoms with Crippen LogP contribution < -0.4 is 6.15 Å². The highest BCUT2D eigenvalue weighted by molar-refractivity contribution is 4.31. The molecule has 0 rings (SSSR count). The van der Waals surface area contributed by atoms with Gasteiger partial charge in [-0.1, -0.05) is 0 Å². The molecule has 0 spiro atoms. The lowest BCUT2D eigenvalue weighted by Crippen LogP contribution is -2.47. The SMILES string of the molecule is C#N.CC[N+](CC)(CC)CC.N. The molecule has 0 aromatic heterocycles. The lowest BCUT2D eigenvalue weighted by Gasteiger charge is -2.34. The summed E-state index contributed by atoms with van der Waals surface area (Å²) >= 11 is 0. The molecule has 0 saturated carbocycles. The molecule has 0 aliphatic carbocycles. The average Bonchev–Trinajstić information content (AvgIpc) is 2.13. The minimum absolute atomic E-state index is 0. The number of nitrogens with zero attached hydrogens (tertiary/aromatic N) is 2. The summed E-state index contributed by atoms with van der Waals surface area (Å²) in [5.41, 5.74) is 0. The first-order chi connectivity index (χ1) is 5.24. The first-order valence-electron chi connectivity index (χ1n) is 4.35. The lowest BCUT2D eigenvalue weighted by atomic mass is 10.3. The molecule has 0 unspecified atom stereocenters. The second kappa shape index (κ2) is 10.4. The second-order valence-corrected chi connectivity index (χ2v) is 2.61. The fourth-order valence-electron chi connectivity index (χ4n) is 1.34. The smallest absolute Gasteiger partial charge is 0.0757 e. The summed E-state index contributed by atoms with van der Waals surface area (Å²) < 4.78 is 1.28. The van der Waals surface area contributed by atoms with E-state index in [0.717, 1.165) is 0 Å². The number of rotatable bonds is 4. The quantitative estimate of drug-likeness (QED) is 0.664. The maximum atomic E-state index is 6.50. The summed E-state index contributed by atoms with van der Waals surface area (Å²) in [4.78, 5) is 0. The largest absolute Gasteiger partial charge is 0.344 e. The fraction of sp³-hybridized carbons (Fsp3) is 0.889. The van der Waals surface area contributed by atoms with Crippen LogP contribution in [-0.4, -0.2) is 30.7 Å². The molecule has 0 aliphatic heterocycles. The van der Waals surface area contributed by atoms with E-state index in [0.29, 0.717) is 0 Å². The molecule has 0 atom stereocenters. The van der Waals surface area contributed by atoms with E-state index >= 15 is 0 Å². The molecule has 0 fully saturated rings. The third-order valence-electron chi connectivity index (χ3n) is 2.68. The number of hydrogen-bond acceptors (Lipinski definition) is 2. The van der Waals surface area contributed by atoms with E-state index in [1.54, 1.807) is 0 Å². The summed E-state index contributed by atoms with van der Waals surface area (Å²) in [6, 6.07) is 0. The third-order valence-corrected chi connectivity index (χ3v) is 2.68. The summed E-state index contributed by atoms with van der Waals surface area (Å²) in [6.07, 6.45) is 0. The minimum Gasteiger partial charge on any atom is -0.344 e. The van der Waals surface area contributed by atoms with Gasteiger partial charge in [0.15, 0.2) is 0 Å². The predicted octanol–water partition coefficient (Wildman–Crippen LogP) is 2.18. The third kappa shape index (κ3) is 5.11. The van der Waals surface area contributed by atoms with Crippen molar-refractivity contribution in [3.63, 3.8) is 0 Å². The van der Waals surface area contributed by atoms with Crippen LogP contribution >= 0.6 is 0 Å². The average molecular weight is 174 g/mol. The Morgan fingerprint density at radius 2 is 1.00 bits per heavy atom. The molecule has 0 radical (unpaired) electrons. The Hall–Kier alpha value is -0.590. The standard InChI is InChI=1S/C8H20N.CHN.H3N/c1-5-9(6-2,7-3)8-4;1-2;/h5-8H2,1-4H3;1H;1H3/q+1;;. The van der Waals surface area contributed by atoms with E-state index in [1.807, 2.05) is 0 Å². The zero-order chi connectivity index (χ0) is 9.33. The van der Waals surface area contributed by atoms with Gasteiger partial charge in [0.05, 0.1) is 26.2 Å². The molecule has 3 N–H and O–H groups in total. The van der Waals surface area contributed by atoms with E-state index < -0.39 is 0 Å². The maximum Gasteiger partial charge on any atom is 0.0757 e. The van der Waals surface area contributed by atoms with Gasteiger partial charge in [0.1, 0.15) is 0 Å². The van der Waals surface area contributed by atoms with Gasteiger partial charge in [-0.15, -0.1) is 0 Å². The molecule has 3 heteroatoms. The van der Waals surface area contributed by atoms with Crippen molar-refractivity contribution in [2.45, 2.75) is 27.7 Å². The molecule has 0 amide bonds. The zero-order valence-electron chi connectivity index (χ0n) is 9.01. The molecule has 0 aromatic carbocycles.